The van der Waals surface area contributed by atoms with E-state index in [0.717, 1.165) is 17.0 Å². The van der Waals surface area contributed by atoms with Crippen LogP contribution in [0.4, 0.5) is 5.69 Å². The van der Waals surface area contributed by atoms with E-state index < -0.39 is 0 Å². The van der Waals surface area contributed by atoms with E-state index in [4.69, 9.17) is 15.2 Å². The van der Waals surface area contributed by atoms with E-state index in [1.165, 1.54) is 0 Å². The Bertz CT molecular complexity index is 703. The van der Waals surface area contributed by atoms with Gasteiger partial charge >= 0.3 is 0 Å². The van der Waals surface area contributed by atoms with Crippen molar-refractivity contribution >= 4 is 11.6 Å². The largest absolute Gasteiger partial charge is 0.454 e. The topological polar surface area (TPSA) is 64.8 Å². The van der Waals surface area contributed by atoms with Crippen LogP contribution in [0.2, 0.25) is 0 Å². The van der Waals surface area contributed by atoms with E-state index in [1.54, 1.807) is 4.90 Å². The highest BCUT2D eigenvalue weighted by Gasteiger charge is 2.22. The molecule has 0 radical (unpaired) electrons. The fourth-order valence-corrected chi connectivity index (χ4v) is 2.94. The van der Waals surface area contributed by atoms with Crippen LogP contribution < -0.4 is 20.1 Å². The van der Waals surface area contributed by atoms with Gasteiger partial charge in [0.2, 0.25) is 12.7 Å². The van der Waals surface area contributed by atoms with Crippen molar-refractivity contribution in [2.45, 2.75) is 19.3 Å². The summed E-state index contributed by atoms with van der Waals surface area (Å²) >= 11 is 0. The SMILES string of the molecule is CCN(C(=O)CC(CN)c1ccc2c(c1)OCO2)c1ccccc1. The molecule has 1 unspecified atom stereocenters. The molecule has 1 aliphatic rings. The Morgan fingerprint density at radius 3 is 2.62 bits per heavy atom. The molecule has 2 N–H and O–H groups in total. The van der Waals surface area contributed by atoms with Crippen LogP contribution in [0.15, 0.2) is 48.5 Å². The first-order valence-electron chi connectivity index (χ1n) is 8.18. The first-order chi connectivity index (χ1) is 11.7. The molecule has 2 aromatic rings. The minimum Gasteiger partial charge on any atom is -0.454 e. The molecule has 1 amide bonds. The predicted octanol–water partition coefficient (Wildman–Crippen LogP) is 2.90. The first-order valence-corrected chi connectivity index (χ1v) is 8.18. The zero-order valence-electron chi connectivity index (χ0n) is 13.8. The number of rotatable bonds is 6. The maximum atomic E-state index is 12.8. The van der Waals surface area contributed by atoms with Gasteiger partial charge in [0, 0.05) is 24.6 Å². The summed E-state index contributed by atoms with van der Waals surface area (Å²) in [5.74, 6) is 1.47. The average molecular weight is 326 g/mol. The van der Waals surface area contributed by atoms with E-state index in [0.29, 0.717) is 25.3 Å². The van der Waals surface area contributed by atoms with E-state index in [1.807, 2.05) is 55.5 Å². The number of nitrogens with two attached hydrogens (primary N) is 1. The Labute approximate surface area is 142 Å². The molecule has 0 spiro atoms. The van der Waals surface area contributed by atoms with Gasteiger partial charge in [0.25, 0.3) is 0 Å². The Morgan fingerprint density at radius 2 is 1.92 bits per heavy atom. The Hall–Kier alpha value is -2.53. The molecule has 0 aromatic heterocycles. The maximum absolute atomic E-state index is 12.8. The number of hydrogen-bond donors (Lipinski definition) is 1. The normalized spacial score (nSPS) is 13.6. The molecular weight excluding hydrogens is 304 g/mol. The van der Waals surface area contributed by atoms with Crippen molar-refractivity contribution < 1.29 is 14.3 Å². The molecule has 1 heterocycles. The fraction of sp³-hybridized carbons (Fsp3) is 0.316. The van der Waals surface area contributed by atoms with Crippen LogP contribution in [0.3, 0.4) is 0 Å². The Morgan fingerprint density at radius 1 is 1.17 bits per heavy atom. The highest BCUT2D eigenvalue weighted by Crippen LogP contribution is 2.35. The molecule has 2 aromatic carbocycles. The third-order valence-corrected chi connectivity index (χ3v) is 4.26. The van der Waals surface area contributed by atoms with E-state index in [2.05, 4.69) is 0 Å². The van der Waals surface area contributed by atoms with Crippen molar-refractivity contribution in [2.24, 2.45) is 5.73 Å². The van der Waals surface area contributed by atoms with Crippen molar-refractivity contribution in [1.82, 2.24) is 0 Å². The Balaban J connectivity index is 1.76. The van der Waals surface area contributed by atoms with Crippen LogP contribution in [0.5, 0.6) is 11.5 Å². The van der Waals surface area contributed by atoms with Gasteiger partial charge in [-0.2, -0.15) is 0 Å². The standard InChI is InChI=1S/C19H22N2O3/c1-2-21(16-6-4-3-5-7-16)19(22)11-15(12-20)14-8-9-17-18(10-14)24-13-23-17/h3-10,15H,2,11-13,20H2,1H3. The number of nitrogens with zero attached hydrogens (tertiary/aromatic N) is 1. The summed E-state index contributed by atoms with van der Waals surface area (Å²) in [7, 11) is 0. The van der Waals surface area contributed by atoms with Gasteiger partial charge in [-0.3, -0.25) is 4.79 Å². The Kier molecular flexibility index (Phi) is 5.01. The van der Waals surface area contributed by atoms with Gasteiger partial charge in [0.05, 0.1) is 0 Å². The fourth-order valence-electron chi connectivity index (χ4n) is 2.94. The van der Waals surface area contributed by atoms with Crippen LogP contribution in [0.1, 0.15) is 24.8 Å². The highest BCUT2D eigenvalue weighted by atomic mass is 16.7. The minimum atomic E-state index is -0.0511. The van der Waals surface area contributed by atoms with Crippen molar-refractivity contribution in [3.8, 4) is 11.5 Å². The molecule has 5 nitrogen and oxygen atoms in total. The van der Waals surface area contributed by atoms with Crippen LogP contribution in [-0.2, 0) is 4.79 Å². The van der Waals surface area contributed by atoms with Crippen LogP contribution >= 0.6 is 0 Å². The molecule has 0 saturated heterocycles. The lowest BCUT2D eigenvalue weighted by Crippen LogP contribution is -2.32. The zero-order valence-corrected chi connectivity index (χ0v) is 13.8. The lowest BCUT2D eigenvalue weighted by molar-refractivity contribution is -0.118. The number of amides is 1. The number of anilines is 1. The van der Waals surface area contributed by atoms with E-state index in [-0.39, 0.29) is 18.6 Å². The quantitative estimate of drug-likeness (QED) is 0.886. The lowest BCUT2D eigenvalue weighted by atomic mass is 9.94. The summed E-state index contributed by atoms with van der Waals surface area (Å²) in [6.07, 6.45) is 0.360. The van der Waals surface area contributed by atoms with Gasteiger partial charge in [-0.05, 0) is 43.3 Å². The second kappa shape index (κ2) is 7.36. The number of benzene rings is 2. The van der Waals surface area contributed by atoms with Crippen molar-refractivity contribution in [1.29, 1.82) is 0 Å². The predicted molar refractivity (Wildman–Crippen MR) is 93.4 cm³/mol. The lowest BCUT2D eigenvalue weighted by Gasteiger charge is -2.24. The summed E-state index contributed by atoms with van der Waals surface area (Å²) in [5.41, 5.74) is 7.84. The molecule has 5 heteroatoms. The third-order valence-electron chi connectivity index (χ3n) is 4.26. The van der Waals surface area contributed by atoms with E-state index in [9.17, 15) is 4.79 Å². The van der Waals surface area contributed by atoms with Crippen molar-refractivity contribution in [3.63, 3.8) is 0 Å². The number of para-hydroxylation sites is 1. The molecule has 3 rings (SSSR count). The smallest absolute Gasteiger partial charge is 0.231 e. The van der Waals surface area contributed by atoms with Gasteiger partial charge in [0.15, 0.2) is 11.5 Å². The zero-order chi connectivity index (χ0) is 16.9. The van der Waals surface area contributed by atoms with Crippen molar-refractivity contribution in [2.75, 3.05) is 24.8 Å². The van der Waals surface area contributed by atoms with Gasteiger partial charge < -0.3 is 20.1 Å². The van der Waals surface area contributed by atoms with Crippen LogP contribution in [-0.4, -0.2) is 25.8 Å². The average Bonchev–Trinajstić information content (AvgIpc) is 3.09. The molecule has 1 aliphatic heterocycles. The summed E-state index contributed by atoms with van der Waals surface area (Å²) in [4.78, 5) is 14.6. The monoisotopic (exact) mass is 326 g/mol. The minimum absolute atomic E-state index is 0.0511. The number of fused-ring (bicyclic) bond motifs is 1. The number of carbonyl (C=O) groups excluding carboxylic acids is 1. The first kappa shape index (κ1) is 16.3. The molecule has 1 atom stereocenters. The molecule has 0 aliphatic carbocycles. The van der Waals surface area contributed by atoms with Crippen LogP contribution in [0, 0.1) is 0 Å². The van der Waals surface area contributed by atoms with E-state index >= 15 is 0 Å². The number of hydrogen-bond acceptors (Lipinski definition) is 4. The van der Waals surface area contributed by atoms with Gasteiger partial charge in [0.1, 0.15) is 0 Å². The third kappa shape index (κ3) is 3.36. The van der Waals surface area contributed by atoms with Crippen LogP contribution in [0.25, 0.3) is 0 Å². The second-order valence-electron chi connectivity index (χ2n) is 5.72. The van der Waals surface area contributed by atoms with Crippen molar-refractivity contribution in [3.05, 3.63) is 54.1 Å². The summed E-state index contributed by atoms with van der Waals surface area (Å²) < 4.78 is 10.8. The molecule has 126 valence electrons. The molecule has 0 bridgehead atoms. The highest BCUT2D eigenvalue weighted by molar-refractivity contribution is 5.93. The molecule has 0 saturated carbocycles. The maximum Gasteiger partial charge on any atom is 0.231 e. The van der Waals surface area contributed by atoms with Gasteiger partial charge in [-0.1, -0.05) is 24.3 Å². The summed E-state index contributed by atoms with van der Waals surface area (Å²) in [6, 6.07) is 15.5. The molecule has 24 heavy (non-hydrogen) atoms. The molecule has 0 fully saturated rings. The van der Waals surface area contributed by atoms with Gasteiger partial charge in [-0.25, -0.2) is 0 Å². The summed E-state index contributed by atoms with van der Waals surface area (Å²) in [6.45, 7) is 3.24. The second-order valence-corrected chi connectivity index (χ2v) is 5.72. The number of carbonyl (C=O) groups is 1. The number of ether oxygens (including phenoxy) is 2. The van der Waals surface area contributed by atoms with Gasteiger partial charge in [-0.15, -0.1) is 0 Å². The summed E-state index contributed by atoms with van der Waals surface area (Å²) in [5, 5.41) is 0. The molecular formula is C19H22N2O3.